The van der Waals surface area contributed by atoms with Gasteiger partial charge in [-0.1, -0.05) is 6.92 Å². The quantitative estimate of drug-likeness (QED) is 0.923. The Balaban J connectivity index is 1.56. The van der Waals surface area contributed by atoms with Crippen molar-refractivity contribution in [2.24, 2.45) is 17.6 Å². The van der Waals surface area contributed by atoms with Gasteiger partial charge in [-0.3, -0.25) is 4.79 Å². The van der Waals surface area contributed by atoms with Gasteiger partial charge in [0.1, 0.15) is 11.5 Å². The van der Waals surface area contributed by atoms with Crippen molar-refractivity contribution in [3.05, 3.63) is 23.7 Å². The Kier molecular flexibility index (Phi) is 4.33. The third kappa shape index (κ3) is 3.51. The monoisotopic (exact) mass is 319 g/mol. The summed E-state index contributed by atoms with van der Waals surface area (Å²) in [5.41, 5.74) is 5.32. The highest BCUT2D eigenvalue weighted by molar-refractivity contribution is 5.80. The molecule has 3 rings (SSSR count). The average Bonchev–Trinajstić information content (AvgIpc) is 3.08. The van der Waals surface area contributed by atoms with Gasteiger partial charge in [0.25, 0.3) is 0 Å². The van der Waals surface area contributed by atoms with Gasteiger partial charge >= 0.3 is 6.03 Å². The van der Waals surface area contributed by atoms with Crippen LogP contribution < -0.4 is 5.73 Å². The van der Waals surface area contributed by atoms with E-state index in [0.717, 1.165) is 24.4 Å². The number of nitrogens with two attached hydrogens (primary N) is 1. The molecular formula is C17H25N3O3. The molecule has 1 saturated carbocycles. The fourth-order valence-corrected chi connectivity index (χ4v) is 3.40. The van der Waals surface area contributed by atoms with Crippen molar-refractivity contribution in [2.45, 2.75) is 38.6 Å². The van der Waals surface area contributed by atoms with Gasteiger partial charge in [-0.25, -0.2) is 4.79 Å². The first-order valence-electron chi connectivity index (χ1n) is 8.33. The largest absolute Gasteiger partial charge is 0.464 e. The lowest BCUT2D eigenvalue weighted by atomic mass is 9.97. The molecule has 126 valence electrons. The van der Waals surface area contributed by atoms with E-state index in [1.165, 1.54) is 6.42 Å². The van der Waals surface area contributed by atoms with E-state index in [9.17, 15) is 9.59 Å². The summed E-state index contributed by atoms with van der Waals surface area (Å²) in [4.78, 5) is 27.1. The second kappa shape index (κ2) is 6.26. The van der Waals surface area contributed by atoms with E-state index in [-0.39, 0.29) is 11.8 Å². The number of hydrogen-bond acceptors (Lipinski definition) is 3. The molecule has 3 amide bonds. The van der Waals surface area contributed by atoms with Gasteiger partial charge in [0.2, 0.25) is 5.91 Å². The molecule has 1 aromatic heterocycles. The first kappa shape index (κ1) is 15.9. The Hall–Kier alpha value is -1.98. The summed E-state index contributed by atoms with van der Waals surface area (Å²) in [6.45, 7) is 3.74. The first-order chi connectivity index (χ1) is 11.0. The van der Waals surface area contributed by atoms with Crippen LogP contribution >= 0.6 is 0 Å². The van der Waals surface area contributed by atoms with Crippen molar-refractivity contribution >= 4 is 11.9 Å². The molecule has 2 N–H and O–H groups in total. The predicted molar refractivity (Wildman–Crippen MR) is 85.6 cm³/mol. The lowest BCUT2D eigenvalue weighted by molar-refractivity contribution is -0.136. The highest BCUT2D eigenvalue weighted by atomic mass is 16.3. The van der Waals surface area contributed by atoms with E-state index < -0.39 is 6.03 Å². The Morgan fingerprint density at radius 3 is 2.83 bits per heavy atom. The normalized spacial score (nSPS) is 26.9. The van der Waals surface area contributed by atoms with Crippen LogP contribution in [0.15, 0.2) is 16.5 Å². The van der Waals surface area contributed by atoms with Crippen LogP contribution in [-0.4, -0.2) is 41.9 Å². The molecular weight excluding hydrogens is 294 g/mol. The number of urea groups is 1. The predicted octanol–water partition coefficient (Wildman–Crippen LogP) is 2.15. The molecule has 6 heteroatoms. The van der Waals surface area contributed by atoms with Gasteiger partial charge in [0.05, 0.1) is 12.5 Å². The molecule has 2 heterocycles. The van der Waals surface area contributed by atoms with Crippen LogP contribution in [0.3, 0.4) is 0 Å². The number of piperidine rings is 1. The second-order valence-corrected chi connectivity index (χ2v) is 6.94. The van der Waals surface area contributed by atoms with E-state index >= 15 is 0 Å². The third-order valence-corrected chi connectivity index (χ3v) is 5.01. The maximum Gasteiger partial charge on any atom is 0.314 e. The molecule has 1 aliphatic carbocycles. The van der Waals surface area contributed by atoms with Gasteiger partial charge in [-0.2, -0.15) is 0 Å². The summed E-state index contributed by atoms with van der Waals surface area (Å²) >= 11 is 0. The number of likely N-dealkylation sites (tertiary alicyclic amines) is 1. The summed E-state index contributed by atoms with van der Waals surface area (Å²) in [6, 6.07) is 3.54. The standard InChI is InChI=1S/C17H25N3O3/c1-11-8-14(11)15-6-5-13(23-15)10-19(2)16(21)12-4-3-7-20(9-12)17(18)22/h5-6,11-12,14H,3-4,7-10H2,1-2H3,(H2,18,22)/t11-,12-,14-/m1/s1. The van der Waals surface area contributed by atoms with Crippen molar-refractivity contribution in [3.8, 4) is 0 Å². The van der Waals surface area contributed by atoms with Crippen molar-refractivity contribution < 1.29 is 14.0 Å². The van der Waals surface area contributed by atoms with Crippen molar-refractivity contribution in [3.63, 3.8) is 0 Å². The number of rotatable bonds is 4. The number of carbonyl (C=O) groups excluding carboxylic acids is 2. The molecule has 2 fully saturated rings. The average molecular weight is 319 g/mol. The van der Waals surface area contributed by atoms with Gasteiger partial charge < -0.3 is 20.0 Å². The molecule has 2 aliphatic rings. The number of primary amides is 1. The molecule has 1 aliphatic heterocycles. The molecule has 23 heavy (non-hydrogen) atoms. The highest BCUT2D eigenvalue weighted by Gasteiger charge is 2.36. The Labute approximate surface area is 136 Å². The zero-order valence-corrected chi connectivity index (χ0v) is 13.8. The second-order valence-electron chi connectivity index (χ2n) is 6.94. The molecule has 0 aromatic carbocycles. The van der Waals surface area contributed by atoms with Crippen LogP contribution in [-0.2, 0) is 11.3 Å². The lowest BCUT2D eigenvalue weighted by Crippen LogP contribution is -2.47. The maximum absolute atomic E-state index is 12.6. The molecule has 0 bridgehead atoms. The highest BCUT2D eigenvalue weighted by Crippen LogP contribution is 2.47. The zero-order chi connectivity index (χ0) is 16.6. The molecule has 6 nitrogen and oxygen atoms in total. The molecule has 3 atom stereocenters. The summed E-state index contributed by atoms with van der Waals surface area (Å²) in [5.74, 6) is 2.99. The number of amides is 3. The first-order valence-corrected chi connectivity index (χ1v) is 8.33. The van der Waals surface area contributed by atoms with Gasteiger partial charge in [-0.05, 0) is 37.3 Å². The summed E-state index contributed by atoms with van der Waals surface area (Å²) in [6.07, 6.45) is 2.81. The van der Waals surface area contributed by atoms with Gasteiger partial charge in [-0.15, -0.1) is 0 Å². The molecule has 0 radical (unpaired) electrons. The lowest BCUT2D eigenvalue weighted by Gasteiger charge is -2.32. The van der Waals surface area contributed by atoms with Crippen LogP contribution in [0.1, 0.15) is 43.6 Å². The van der Waals surface area contributed by atoms with E-state index in [2.05, 4.69) is 6.92 Å². The minimum atomic E-state index is -0.445. The number of furan rings is 1. The Bertz CT molecular complexity index is 598. The van der Waals surface area contributed by atoms with E-state index in [1.54, 1.807) is 16.8 Å². The Morgan fingerprint density at radius 1 is 1.43 bits per heavy atom. The van der Waals surface area contributed by atoms with Crippen LogP contribution in [0.5, 0.6) is 0 Å². The number of nitrogens with zero attached hydrogens (tertiary/aromatic N) is 2. The van der Waals surface area contributed by atoms with Crippen molar-refractivity contribution in [2.75, 3.05) is 20.1 Å². The van der Waals surface area contributed by atoms with Crippen molar-refractivity contribution in [1.82, 2.24) is 9.80 Å². The maximum atomic E-state index is 12.6. The van der Waals surface area contributed by atoms with E-state index in [4.69, 9.17) is 10.2 Å². The fourth-order valence-electron chi connectivity index (χ4n) is 3.40. The summed E-state index contributed by atoms with van der Waals surface area (Å²) < 4.78 is 5.87. The molecule has 1 aromatic rings. The minimum absolute atomic E-state index is 0.0497. The molecule has 0 unspecified atom stereocenters. The van der Waals surface area contributed by atoms with Gasteiger partial charge in [0.15, 0.2) is 0 Å². The summed E-state index contributed by atoms with van der Waals surface area (Å²) in [5, 5.41) is 0. The smallest absolute Gasteiger partial charge is 0.314 e. The van der Waals surface area contributed by atoms with E-state index in [0.29, 0.717) is 31.5 Å². The SMILES string of the molecule is C[C@@H]1C[C@H]1c1ccc(CN(C)C(=O)[C@@H]2CCCN(C(N)=O)C2)o1. The van der Waals surface area contributed by atoms with E-state index in [1.807, 2.05) is 12.1 Å². The number of carbonyl (C=O) groups is 2. The molecule has 1 saturated heterocycles. The minimum Gasteiger partial charge on any atom is -0.464 e. The van der Waals surface area contributed by atoms with Crippen LogP contribution in [0.4, 0.5) is 4.79 Å². The fraction of sp³-hybridized carbons (Fsp3) is 0.647. The van der Waals surface area contributed by atoms with Gasteiger partial charge in [0, 0.05) is 26.1 Å². The topological polar surface area (TPSA) is 79.8 Å². The van der Waals surface area contributed by atoms with Crippen LogP contribution in [0.25, 0.3) is 0 Å². The van der Waals surface area contributed by atoms with Crippen LogP contribution in [0.2, 0.25) is 0 Å². The third-order valence-electron chi connectivity index (χ3n) is 5.01. The zero-order valence-electron chi connectivity index (χ0n) is 13.8. The van der Waals surface area contributed by atoms with Crippen LogP contribution in [0, 0.1) is 11.8 Å². The van der Waals surface area contributed by atoms with Crippen molar-refractivity contribution in [1.29, 1.82) is 0 Å². The summed E-state index contributed by atoms with van der Waals surface area (Å²) in [7, 11) is 1.79. The Morgan fingerprint density at radius 2 is 2.17 bits per heavy atom. The number of hydrogen-bond donors (Lipinski definition) is 1. The molecule has 0 spiro atoms.